The average Bonchev–Trinajstić information content (AvgIpc) is 2.65. The van der Waals surface area contributed by atoms with Crippen LogP contribution < -0.4 is 14.8 Å². The van der Waals surface area contributed by atoms with Gasteiger partial charge in [0, 0.05) is 25.1 Å². The largest absolute Gasteiger partial charge is 0.493 e. The second kappa shape index (κ2) is 8.37. The van der Waals surface area contributed by atoms with Gasteiger partial charge in [-0.2, -0.15) is 4.31 Å². The first-order valence-electron chi connectivity index (χ1n) is 8.01. The van der Waals surface area contributed by atoms with E-state index in [9.17, 15) is 18.0 Å². The second-order valence-electron chi connectivity index (χ2n) is 5.81. The summed E-state index contributed by atoms with van der Waals surface area (Å²) in [6, 6.07) is 4.37. The van der Waals surface area contributed by atoms with Gasteiger partial charge in [-0.1, -0.05) is 0 Å². The lowest BCUT2D eigenvalue weighted by Gasteiger charge is -2.30. The van der Waals surface area contributed by atoms with E-state index in [2.05, 4.69) is 5.32 Å². The van der Waals surface area contributed by atoms with Crippen molar-refractivity contribution in [2.24, 2.45) is 5.92 Å². The number of aliphatic carboxylic acids is 1. The Balaban J connectivity index is 2.06. The molecule has 0 bridgehead atoms. The van der Waals surface area contributed by atoms with Crippen molar-refractivity contribution in [2.45, 2.75) is 17.7 Å². The molecule has 26 heavy (non-hydrogen) atoms. The standard InChI is InChI=1S/C16H22N2O7S/c1-24-13-4-3-12(9-14(13)25-2)26(22,23)18-7-5-11(6-8-18)16(21)17-10-15(19)20/h3-4,9,11H,5-8,10H2,1-2H3,(H,17,21)(H,19,20). The number of carboxylic acids is 1. The minimum absolute atomic E-state index is 0.0870. The average molecular weight is 386 g/mol. The molecule has 0 unspecified atom stereocenters. The molecule has 1 fully saturated rings. The highest BCUT2D eigenvalue weighted by atomic mass is 32.2. The fourth-order valence-electron chi connectivity index (χ4n) is 2.79. The van der Waals surface area contributed by atoms with Crippen molar-refractivity contribution in [1.82, 2.24) is 9.62 Å². The number of carbonyl (C=O) groups is 2. The number of hydrogen-bond acceptors (Lipinski definition) is 6. The summed E-state index contributed by atoms with van der Waals surface area (Å²) in [4.78, 5) is 22.5. The summed E-state index contributed by atoms with van der Waals surface area (Å²) in [5.41, 5.74) is 0. The van der Waals surface area contributed by atoms with E-state index in [1.807, 2.05) is 0 Å². The predicted molar refractivity (Wildman–Crippen MR) is 91.7 cm³/mol. The minimum Gasteiger partial charge on any atom is -0.493 e. The van der Waals surface area contributed by atoms with E-state index in [0.29, 0.717) is 24.3 Å². The van der Waals surface area contributed by atoms with Gasteiger partial charge in [-0.15, -0.1) is 0 Å². The first kappa shape index (κ1) is 20.0. The molecule has 1 saturated heterocycles. The van der Waals surface area contributed by atoms with Crippen LogP contribution in [0.3, 0.4) is 0 Å². The zero-order valence-corrected chi connectivity index (χ0v) is 15.4. The van der Waals surface area contributed by atoms with Crippen LogP contribution in [0.2, 0.25) is 0 Å². The molecule has 0 spiro atoms. The summed E-state index contributed by atoms with van der Waals surface area (Å²) in [7, 11) is -0.832. The van der Waals surface area contributed by atoms with E-state index in [1.165, 1.54) is 36.7 Å². The predicted octanol–water partition coefficient (Wildman–Crippen LogP) is 0.305. The van der Waals surface area contributed by atoms with Crippen LogP contribution in [0.15, 0.2) is 23.1 Å². The van der Waals surface area contributed by atoms with E-state index >= 15 is 0 Å². The van der Waals surface area contributed by atoms with Gasteiger partial charge in [-0.3, -0.25) is 9.59 Å². The van der Waals surface area contributed by atoms with Gasteiger partial charge >= 0.3 is 5.97 Å². The second-order valence-corrected chi connectivity index (χ2v) is 7.74. The van der Waals surface area contributed by atoms with Crippen LogP contribution in [0.5, 0.6) is 11.5 Å². The van der Waals surface area contributed by atoms with Crippen LogP contribution in [-0.4, -0.2) is 63.6 Å². The van der Waals surface area contributed by atoms with Gasteiger partial charge in [0.25, 0.3) is 0 Å². The molecule has 0 aliphatic carbocycles. The van der Waals surface area contributed by atoms with E-state index in [0.717, 1.165) is 0 Å². The molecular formula is C16H22N2O7S. The van der Waals surface area contributed by atoms with Gasteiger partial charge in [0.2, 0.25) is 15.9 Å². The summed E-state index contributed by atoms with van der Waals surface area (Å²) < 4.78 is 37.2. The Kier molecular flexibility index (Phi) is 6.43. The molecule has 1 aromatic carbocycles. The number of rotatable bonds is 7. The molecule has 0 atom stereocenters. The van der Waals surface area contributed by atoms with Crippen LogP contribution in [-0.2, 0) is 19.6 Å². The third-order valence-corrected chi connectivity index (χ3v) is 6.13. The first-order chi connectivity index (χ1) is 12.3. The van der Waals surface area contributed by atoms with Crippen molar-refractivity contribution >= 4 is 21.9 Å². The molecule has 1 heterocycles. The molecule has 0 saturated carbocycles. The fourth-order valence-corrected chi connectivity index (χ4v) is 4.28. The highest BCUT2D eigenvalue weighted by Gasteiger charge is 2.32. The lowest BCUT2D eigenvalue weighted by molar-refractivity contribution is -0.138. The zero-order chi connectivity index (χ0) is 19.3. The Morgan fingerprint density at radius 3 is 2.35 bits per heavy atom. The molecule has 9 nitrogen and oxygen atoms in total. The molecule has 1 aromatic rings. The molecule has 2 rings (SSSR count). The van der Waals surface area contributed by atoms with Gasteiger partial charge in [-0.05, 0) is 25.0 Å². The van der Waals surface area contributed by atoms with Gasteiger partial charge < -0.3 is 19.9 Å². The lowest BCUT2D eigenvalue weighted by Crippen LogP contribution is -2.43. The van der Waals surface area contributed by atoms with Crippen molar-refractivity contribution in [3.05, 3.63) is 18.2 Å². The quantitative estimate of drug-likeness (QED) is 0.691. The molecule has 2 N–H and O–H groups in total. The number of methoxy groups -OCH3 is 2. The summed E-state index contributed by atoms with van der Waals surface area (Å²) in [5, 5.41) is 10.9. The Morgan fingerprint density at radius 2 is 1.81 bits per heavy atom. The van der Waals surface area contributed by atoms with Crippen LogP contribution in [0, 0.1) is 5.92 Å². The van der Waals surface area contributed by atoms with E-state index in [-0.39, 0.29) is 23.9 Å². The maximum absolute atomic E-state index is 12.8. The van der Waals surface area contributed by atoms with E-state index < -0.39 is 28.5 Å². The highest BCUT2D eigenvalue weighted by molar-refractivity contribution is 7.89. The van der Waals surface area contributed by atoms with Gasteiger partial charge in [0.1, 0.15) is 6.54 Å². The number of nitrogens with zero attached hydrogens (tertiary/aromatic N) is 1. The number of benzene rings is 1. The summed E-state index contributed by atoms with van der Waals surface area (Å²) in [5.74, 6) is -1.13. The van der Waals surface area contributed by atoms with Crippen molar-refractivity contribution in [3.8, 4) is 11.5 Å². The molecule has 0 aromatic heterocycles. The van der Waals surface area contributed by atoms with E-state index in [1.54, 1.807) is 0 Å². The minimum atomic E-state index is -3.72. The molecular weight excluding hydrogens is 364 g/mol. The maximum Gasteiger partial charge on any atom is 0.322 e. The summed E-state index contributed by atoms with van der Waals surface area (Å²) in [6.07, 6.45) is 0.663. The third-order valence-electron chi connectivity index (χ3n) is 4.23. The monoisotopic (exact) mass is 386 g/mol. The van der Waals surface area contributed by atoms with Gasteiger partial charge in [-0.25, -0.2) is 8.42 Å². The first-order valence-corrected chi connectivity index (χ1v) is 9.45. The Bertz CT molecular complexity index is 771. The molecule has 1 aliphatic rings. The topological polar surface area (TPSA) is 122 Å². The Labute approximate surface area is 151 Å². The number of piperidine rings is 1. The molecule has 144 valence electrons. The van der Waals surface area contributed by atoms with Gasteiger partial charge in [0.15, 0.2) is 11.5 Å². The van der Waals surface area contributed by atoms with Crippen LogP contribution >= 0.6 is 0 Å². The zero-order valence-electron chi connectivity index (χ0n) is 14.6. The molecule has 1 amide bonds. The van der Waals surface area contributed by atoms with Crippen molar-refractivity contribution in [1.29, 1.82) is 0 Å². The third kappa shape index (κ3) is 4.44. The summed E-state index contributed by atoms with van der Waals surface area (Å²) >= 11 is 0. The van der Waals surface area contributed by atoms with E-state index in [4.69, 9.17) is 14.6 Å². The number of hydrogen-bond donors (Lipinski definition) is 2. The normalized spacial score (nSPS) is 16.1. The number of nitrogens with one attached hydrogen (secondary N) is 1. The smallest absolute Gasteiger partial charge is 0.322 e. The number of carbonyl (C=O) groups excluding carboxylic acids is 1. The van der Waals surface area contributed by atoms with Crippen molar-refractivity contribution in [2.75, 3.05) is 33.9 Å². The number of amides is 1. The molecule has 0 radical (unpaired) electrons. The lowest BCUT2D eigenvalue weighted by atomic mass is 9.97. The van der Waals surface area contributed by atoms with Crippen LogP contribution in [0.4, 0.5) is 0 Å². The summed E-state index contributed by atoms with van der Waals surface area (Å²) in [6.45, 7) is -0.0767. The highest BCUT2D eigenvalue weighted by Crippen LogP contribution is 2.31. The maximum atomic E-state index is 12.8. The Hall–Kier alpha value is -2.33. The molecule has 10 heteroatoms. The van der Waals surface area contributed by atoms with Crippen LogP contribution in [0.1, 0.15) is 12.8 Å². The van der Waals surface area contributed by atoms with Crippen molar-refractivity contribution in [3.63, 3.8) is 0 Å². The van der Waals surface area contributed by atoms with Crippen molar-refractivity contribution < 1.29 is 32.6 Å². The number of ether oxygens (including phenoxy) is 2. The van der Waals surface area contributed by atoms with Gasteiger partial charge in [0.05, 0.1) is 19.1 Å². The fraction of sp³-hybridized carbons (Fsp3) is 0.500. The number of carboxylic acid groups (broad SMARTS) is 1. The number of sulfonamides is 1. The molecule has 1 aliphatic heterocycles. The SMILES string of the molecule is COc1ccc(S(=O)(=O)N2CCC(C(=O)NCC(=O)O)CC2)cc1OC. The Morgan fingerprint density at radius 1 is 1.19 bits per heavy atom. The van der Waals surface area contributed by atoms with Crippen LogP contribution in [0.25, 0.3) is 0 Å².